The van der Waals surface area contributed by atoms with Crippen LogP contribution in [0.4, 0.5) is 5.69 Å². The second-order valence-electron chi connectivity index (χ2n) is 6.91. The summed E-state index contributed by atoms with van der Waals surface area (Å²) in [5.74, 6) is 0.363. The molecular formula is C24H32N2O3. The highest BCUT2D eigenvalue weighted by atomic mass is 16.5. The van der Waals surface area contributed by atoms with Crippen LogP contribution < -0.4 is 10.1 Å². The van der Waals surface area contributed by atoms with E-state index < -0.39 is 0 Å². The van der Waals surface area contributed by atoms with E-state index in [4.69, 9.17) is 4.74 Å². The summed E-state index contributed by atoms with van der Waals surface area (Å²) in [5, 5.41) is 2.89. The van der Waals surface area contributed by atoms with Crippen molar-refractivity contribution < 1.29 is 14.3 Å². The summed E-state index contributed by atoms with van der Waals surface area (Å²) in [6.07, 6.45) is 4.48. The second kappa shape index (κ2) is 11.9. The Morgan fingerprint density at radius 1 is 0.897 bits per heavy atom. The predicted molar refractivity (Wildman–Crippen MR) is 118 cm³/mol. The molecule has 2 amide bonds. The van der Waals surface area contributed by atoms with E-state index in [2.05, 4.69) is 12.2 Å². The summed E-state index contributed by atoms with van der Waals surface area (Å²) >= 11 is 0. The maximum Gasteiger partial charge on any atom is 0.259 e. The Morgan fingerprint density at radius 3 is 2.24 bits per heavy atom. The van der Waals surface area contributed by atoms with Crippen molar-refractivity contribution in [1.82, 2.24) is 4.90 Å². The summed E-state index contributed by atoms with van der Waals surface area (Å²) in [5.41, 5.74) is 1.76. The van der Waals surface area contributed by atoms with Gasteiger partial charge in [-0.15, -0.1) is 0 Å². The molecule has 0 unspecified atom stereocenters. The van der Waals surface area contributed by atoms with Crippen molar-refractivity contribution in [3.05, 3.63) is 59.7 Å². The number of benzene rings is 2. The first kappa shape index (κ1) is 22.5. The zero-order chi connectivity index (χ0) is 21.1. The predicted octanol–water partition coefficient (Wildman–Crippen LogP) is 5.38. The van der Waals surface area contributed by atoms with Crippen LogP contribution in [0.5, 0.6) is 5.75 Å². The molecule has 0 bridgehead atoms. The molecule has 0 saturated carbocycles. The molecule has 5 heteroatoms. The third-order valence-electron chi connectivity index (χ3n) is 4.83. The van der Waals surface area contributed by atoms with E-state index in [0.29, 0.717) is 42.3 Å². The number of anilines is 1. The number of hydrogen-bond donors (Lipinski definition) is 1. The average molecular weight is 397 g/mol. The lowest BCUT2D eigenvalue weighted by atomic mass is 10.1. The lowest BCUT2D eigenvalue weighted by Gasteiger charge is -2.18. The van der Waals surface area contributed by atoms with Gasteiger partial charge >= 0.3 is 0 Å². The zero-order valence-electron chi connectivity index (χ0n) is 17.7. The van der Waals surface area contributed by atoms with E-state index >= 15 is 0 Å². The molecule has 0 aromatic heterocycles. The van der Waals surface area contributed by atoms with Gasteiger partial charge in [-0.1, -0.05) is 38.3 Å². The van der Waals surface area contributed by atoms with Crippen LogP contribution in [0.2, 0.25) is 0 Å². The standard InChI is InChI=1S/C24H32N2O3/c1-4-7-8-11-18-29-22-13-10-9-12-21(22)23(27)25-20-16-14-19(15-17-20)24(28)26(5-2)6-3/h9-10,12-17H,4-8,11,18H2,1-3H3,(H,25,27). The molecule has 0 spiro atoms. The molecule has 0 aliphatic carbocycles. The molecule has 29 heavy (non-hydrogen) atoms. The molecule has 0 saturated heterocycles. The van der Waals surface area contributed by atoms with E-state index in [1.54, 1.807) is 35.2 Å². The maximum absolute atomic E-state index is 12.7. The van der Waals surface area contributed by atoms with Crippen LogP contribution in [0.25, 0.3) is 0 Å². The third kappa shape index (κ3) is 6.63. The molecule has 2 aromatic carbocycles. The van der Waals surface area contributed by atoms with E-state index in [0.717, 1.165) is 12.8 Å². The molecule has 0 atom stereocenters. The number of amides is 2. The Bertz CT molecular complexity index is 783. The quantitative estimate of drug-likeness (QED) is 0.519. The third-order valence-corrected chi connectivity index (χ3v) is 4.83. The molecule has 156 valence electrons. The Labute approximate surface area is 174 Å². The van der Waals surface area contributed by atoms with Crippen molar-refractivity contribution in [2.45, 2.75) is 46.5 Å². The number of carbonyl (C=O) groups is 2. The van der Waals surface area contributed by atoms with Crippen LogP contribution in [-0.2, 0) is 0 Å². The molecule has 0 radical (unpaired) electrons. The molecule has 0 aliphatic rings. The number of ether oxygens (including phenoxy) is 1. The molecule has 0 aliphatic heterocycles. The first-order valence-corrected chi connectivity index (χ1v) is 10.5. The fourth-order valence-corrected chi connectivity index (χ4v) is 3.08. The molecule has 0 fully saturated rings. The van der Waals surface area contributed by atoms with Crippen molar-refractivity contribution in [1.29, 1.82) is 0 Å². The molecule has 2 aromatic rings. The van der Waals surface area contributed by atoms with Gasteiger partial charge in [0.1, 0.15) is 5.75 Å². The van der Waals surface area contributed by atoms with Gasteiger partial charge in [0.15, 0.2) is 0 Å². The highest BCUT2D eigenvalue weighted by Crippen LogP contribution is 2.21. The van der Waals surface area contributed by atoms with Crippen molar-refractivity contribution in [3.8, 4) is 5.75 Å². The highest BCUT2D eigenvalue weighted by molar-refractivity contribution is 6.06. The minimum absolute atomic E-state index is 0.00491. The topological polar surface area (TPSA) is 58.6 Å². The van der Waals surface area contributed by atoms with Gasteiger partial charge in [0, 0.05) is 24.3 Å². The van der Waals surface area contributed by atoms with Crippen LogP contribution in [0.15, 0.2) is 48.5 Å². The number of hydrogen-bond acceptors (Lipinski definition) is 3. The number of carbonyl (C=O) groups excluding carboxylic acids is 2. The summed E-state index contributed by atoms with van der Waals surface area (Å²) in [7, 11) is 0. The number of rotatable bonds is 11. The largest absolute Gasteiger partial charge is 0.493 e. The fourth-order valence-electron chi connectivity index (χ4n) is 3.08. The van der Waals surface area contributed by atoms with Crippen LogP contribution in [0.3, 0.4) is 0 Å². The van der Waals surface area contributed by atoms with Crippen LogP contribution >= 0.6 is 0 Å². The van der Waals surface area contributed by atoms with Crippen LogP contribution in [0, 0.1) is 0 Å². The highest BCUT2D eigenvalue weighted by Gasteiger charge is 2.14. The second-order valence-corrected chi connectivity index (χ2v) is 6.91. The Hall–Kier alpha value is -2.82. The molecular weight excluding hydrogens is 364 g/mol. The van der Waals surface area contributed by atoms with E-state index in [-0.39, 0.29) is 11.8 Å². The number of para-hydroxylation sites is 1. The van der Waals surface area contributed by atoms with Gasteiger partial charge in [0.25, 0.3) is 11.8 Å². The molecule has 1 N–H and O–H groups in total. The van der Waals surface area contributed by atoms with Crippen LogP contribution in [-0.4, -0.2) is 36.4 Å². The van der Waals surface area contributed by atoms with Gasteiger partial charge in [0.2, 0.25) is 0 Å². The lowest BCUT2D eigenvalue weighted by molar-refractivity contribution is 0.0773. The summed E-state index contributed by atoms with van der Waals surface area (Å²) in [6, 6.07) is 14.3. The van der Waals surface area contributed by atoms with E-state index in [1.807, 2.05) is 32.0 Å². The first-order valence-electron chi connectivity index (χ1n) is 10.5. The molecule has 2 rings (SSSR count). The average Bonchev–Trinajstić information content (AvgIpc) is 2.75. The smallest absolute Gasteiger partial charge is 0.259 e. The van der Waals surface area contributed by atoms with Crippen LogP contribution in [0.1, 0.15) is 67.2 Å². The zero-order valence-corrected chi connectivity index (χ0v) is 17.7. The van der Waals surface area contributed by atoms with Gasteiger partial charge < -0.3 is 15.0 Å². The number of unbranched alkanes of at least 4 members (excludes halogenated alkanes) is 3. The van der Waals surface area contributed by atoms with E-state index in [9.17, 15) is 9.59 Å². The normalized spacial score (nSPS) is 10.4. The number of nitrogens with one attached hydrogen (secondary N) is 1. The SMILES string of the molecule is CCCCCCOc1ccccc1C(=O)Nc1ccc(C(=O)N(CC)CC)cc1. The van der Waals surface area contributed by atoms with Gasteiger partial charge in [-0.25, -0.2) is 0 Å². The number of nitrogens with zero attached hydrogens (tertiary/aromatic N) is 1. The molecule has 0 heterocycles. The Kier molecular flexibility index (Phi) is 9.22. The van der Waals surface area contributed by atoms with Crippen molar-refractivity contribution in [2.24, 2.45) is 0 Å². The van der Waals surface area contributed by atoms with Crippen molar-refractivity contribution in [2.75, 3.05) is 25.0 Å². The fraction of sp³-hybridized carbons (Fsp3) is 0.417. The van der Waals surface area contributed by atoms with Crippen molar-refractivity contribution in [3.63, 3.8) is 0 Å². The van der Waals surface area contributed by atoms with E-state index in [1.165, 1.54) is 12.8 Å². The first-order chi connectivity index (χ1) is 14.1. The lowest BCUT2D eigenvalue weighted by Crippen LogP contribution is -2.30. The summed E-state index contributed by atoms with van der Waals surface area (Å²) in [6.45, 7) is 8.03. The minimum atomic E-state index is -0.225. The monoisotopic (exact) mass is 396 g/mol. The Morgan fingerprint density at radius 2 is 1.59 bits per heavy atom. The van der Waals surface area contributed by atoms with Gasteiger partial charge in [-0.2, -0.15) is 0 Å². The molecule has 5 nitrogen and oxygen atoms in total. The van der Waals surface area contributed by atoms with Gasteiger partial charge in [-0.3, -0.25) is 9.59 Å². The summed E-state index contributed by atoms with van der Waals surface area (Å²) in [4.78, 5) is 26.9. The summed E-state index contributed by atoms with van der Waals surface area (Å²) < 4.78 is 5.83. The minimum Gasteiger partial charge on any atom is -0.493 e. The van der Waals surface area contributed by atoms with Gasteiger partial charge in [-0.05, 0) is 56.7 Å². The van der Waals surface area contributed by atoms with Crippen molar-refractivity contribution >= 4 is 17.5 Å². The van der Waals surface area contributed by atoms with Gasteiger partial charge in [0.05, 0.1) is 12.2 Å². The Balaban J connectivity index is 2.00. The maximum atomic E-state index is 12.7.